The Morgan fingerprint density at radius 2 is 0.656 bits per heavy atom. The summed E-state index contributed by atoms with van der Waals surface area (Å²) in [6.07, 6.45) is 63.1. The SMILES string of the molecule is Br.BrCCCCCCCCCCCCCc1ccc[n+](CCCCCCCCCCCCCc2ccc[n+](CCCCCCCCCCCCCc3cccnc3)c2)c1.[Br-].[Br-]. The molecule has 0 fully saturated rings. The number of hydrogen-bond acceptors (Lipinski definition) is 1. The van der Waals surface area contributed by atoms with Gasteiger partial charge in [0.15, 0.2) is 24.8 Å². The quantitative estimate of drug-likeness (QED) is 0.0315. The molecule has 3 heterocycles. The number of alkyl halides is 1. The van der Waals surface area contributed by atoms with Gasteiger partial charge < -0.3 is 34.0 Å². The van der Waals surface area contributed by atoms with Gasteiger partial charge in [-0.2, -0.15) is 0 Å². The van der Waals surface area contributed by atoms with Gasteiger partial charge >= 0.3 is 0 Å². The van der Waals surface area contributed by atoms with Crippen molar-refractivity contribution in [1.82, 2.24) is 4.98 Å². The van der Waals surface area contributed by atoms with Crippen molar-refractivity contribution in [1.29, 1.82) is 0 Å². The lowest BCUT2D eigenvalue weighted by Gasteiger charge is -2.05. The van der Waals surface area contributed by atoms with Gasteiger partial charge in [-0.15, -0.1) is 17.0 Å². The van der Waals surface area contributed by atoms with Crippen LogP contribution in [0.25, 0.3) is 0 Å². The molecule has 0 N–H and O–H groups in total. The molecule has 0 aromatic carbocycles. The normalized spacial score (nSPS) is 10.9. The van der Waals surface area contributed by atoms with E-state index in [1.54, 1.807) is 0 Å². The van der Waals surface area contributed by atoms with Crippen LogP contribution in [0.3, 0.4) is 0 Å². The third-order valence-corrected chi connectivity index (χ3v) is 13.0. The van der Waals surface area contributed by atoms with Crippen LogP contribution in [-0.4, -0.2) is 10.3 Å². The summed E-state index contributed by atoms with van der Waals surface area (Å²) in [7, 11) is 0. The molecule has 3 aromatic rings. The third kappa shape index (κ3) is 36.3. The summed E-state index contributed by atoms with van der Waals surface area (Å²) in [5.74, 6) is 0. The van der Waals surface area contributed by atoms with Crippen LogP contribution in [0.2, 0.25) is 0 Å². The van der Waals surface area contributed by atoms with E-state index in [-0.39, 0.29) is 50.9 Å². The van der Waals surface area contributed by atoms with Crippen molar-refractivity contribution in [3.05, 3.63) is 90.3 Å². The Kier molecular flexibility index (Phi) is 45.4. The fourth-order valence-electron chi connectivity index (χ4n) is 8.72. The van der Waals surface area contributed by atoms with Gasteiger partial charge in [0, 0.05) is 53.8 Å². The Labute approximate surface area is 417 Å². The van der Waals surface area contributed by atoms with Gasteiger partial charge in [0.25, 0.3) is 0 Å². The molecule has 0 amide bonds. The summed E-state index contributed by atoms with van der Waals surface area (Å²) >= 11 is 3.54. The molecule has 0 bridgehead atoms. The van der Waals surface area contributed by atoms with E-state index in [1.165, 1.54) is 266 Å². The summed E-state index contributed by atoms with van der Waals surface area (Å²) in [5, 5.41) is 1.17. The zero-order valence-corrected chi connectivity index (χ0v) is 45.4. The topological polar surface area (TPSA) is 20.6 Å². The molecule has 61 heavy (non-hydrogen) atoms. The highest BCUT2D eigenvalue weighted by Crippen LogP contribution is 2.16. The molecule has 0 aliphatic heterocycles. The molecule has 3 aromatic heterocycles. The number of aryl methyl sites for hydroxylation is 5. The molecule has 0 spiro atoms. The second-order valence-corrected chi connectivity index (χ2v) is 18.7. The minimum Gasteiger partial charge on any atom is -1.00 e. The lowest BCUT2D eigenvalue weighted by molar-refractivity contribution is -0.697. The standard InChI is InChI=1S/C54H90BrN3.3BrH/c55-43-31-25-19-13-7-1-4-11-17-23-29-38-53-41-35-47-58(50-53)46-33-27-21-15-9-3-6-12-18-24-30-39-54-42-36-48-57(51-54)45-32-26-20-14-8-2-5-10-16-22-28-37-52-40-34-44-56-49-52;;;/h34-36,40-42,44,47-51H,1-33,37-39,43,45-46H2;3*1H/q+2;;;/p-2. The maximum Gasteiger partial charge on any atom is 0.171 e. The lowest BCUT2D eigenvalue weighted by atomic mass is 10.0. The van der Waals surface area contributed by atoms with Crippen molar-refractivity contribution in [2.45, 2.75) is 244 Å². The zero-order valence-electron chi connectivity index (χ0n) is 38.9. The summed E-state index contributed by atoms with van der Waals surface area (Å²) in [6.45, 7) is 2.36. The molecule has 0 saturated carbocycles. The first-order valence-corrected chi connectivity index (χ1v) is 26.4. The number of aromatic nitrogens is 3. The van der Waals surface area contributed by atoms with E-state index < -0.39 is 0 Å². The number of nitrogens with zero attached hydrogens (tertiary/aromatic N) is 3. The molecule has 0 saturated heterocycles. The van der Waals surface area contributed by atoms with E-state index in [9.17, 15) is 0 Å². The lowest BCUT2D eigenvalue weighted by Crippen LogP contribution is -3.00. The van der Waals surface area contributed by atoms with Crippen molar-refractivity contribution in [3.63, 3.8) is 0 Å². The van der Waals surface area contributed by atoms with Crippen LogP contribution in [0.15, 0.2) is 73.6 Å². The molecule has 0 atom stereocenters. The van der Waals surface area contributed by atoms with Gasteiger partial charge in [-0.1, -0.05) is 183 Å². The van der Waals surface area contributed by atoms with Crippen LogP contribution in [0.5, 0.6) is 0 Å². The molecule has 3 nitrogen and oxygen atoms in total. The molecule has 350 valence electrons. The van der Waals surface area contributed by atoms with E-state index in [4.69, 9.17) is 0 Å². The van der Waals surface area contributed by atoms with Gasteiger partial charge in [0.2, 0.25) is 0 Å². The zero-order chi connectivity index (χ0) is 40.7. The molecular formula is C54H91Br4N3. The molecule has 0 aliphatic carbocycles. The van der Waals surface area contributed by atoms with Crippen molar-refractivity contribution in [2.24, 2.45) is 0 Å². The van der Waals surface area contributed by atoms with Gasteiger partial charge in [-0.05, 0) is 81.5 Å². The average molecular weight is 1100 g/mol. The molecule has 0 radical (unpaired) electrons. The van der Waals surface area contributed by atoms with E-state index >= 15 is 0 Å². The number of rotatable bonds is 41. The first kappa shape index (κ1) is 60.4. The Bertz CT molecular complexity index is 1330. The summed E-state index contributed by atoms with van der Waals surface area (Å²) in [4.78, 5) is 4.22. The number of hydrogen-bond donors (Lipinski definition) is 0. The molecule has 7 heteroatoms. The molecular weight excluding hydrogens is 1010 g/mol. The van der Waals surface area contributed by atoms with Crippen LogP contribution in [0.4, 0.5) is 0 Å². The van der Waals surface area contributed by atoms with Gasteiger partial charge in [-0.25, -0.2) is 9.13 Å². The van der Waals surface area contributed by atoms with E-state index in [1.807, 2.05) is 12.4 Å². The van der Waals surface area contributed by atoms with Gasteiger partial charge in [-0.3, -0.25) is 4.98 Å². The van der Waals surface area contributed by atoms with Crippen LogP contribution < -0.4 is 43.1 Å². The van der Waals surface area contributed by atoms with Gasteiger partial charge in [0.1, 0.15) is 13.1 Å². The molecule has 0 aliphatic rings. The number of halogens is 4. The number of unbranched alkanes of at least 4 members (excludes halogenated alkanes) is 30. The average Bonchev–Trinajstić information content (AvgIpc) is 3.25. The maximum atomic E-state index is 4.22. The summed E-state index contributed by atoms with van der Waals surface area (Å²) < 4.78 is 4.89. The monoisotopic (exact) mass is 1100 g/mol. The maximum absolute atomic E-state index is 4.22. The first-order chi connectivity index (χ1) is 28.8. The predicted molar refractivity (Wildman–Crippen MR) is 265 cm³/mol. The largest absolute Gasteiger partial charge is 1.00 e. The highest BCUT2D eigenvalue weighted by molar-refractivity contribution is 9.09. The smallest absolute Gasteiger partial charge is 0.171 e. The van der Waals surface area contributed by atoms with Crippen molar-refractivity contribution < 1.29 is 43.1 Å². The van der Waals surface area contributed by atoms with Crippen LogP contribution in [0, 0.1) is 0 Å². The van der Waals surface area contributed by atoms with E-state index in [0.717, 1.165) is 0 Å². The van der Waals surface area contributed by atoms with Crippen LogP contribution in [0.1, 0.15) is 229 Å². The third-order valence-electron chi connectivity index (χ3n) is 12.4. The fourth-order valence-corrected chi connectivity index (χ4v) is 9.11. The Morgan fingerprint density at radius 1 is 0.361 bits per heavy atom. The molecule has 0 unspecified atom stereocenters. The van der Waals surface area contributed by atoms with Crippen LogP contribution >= 0.6 is 32.9 Å². The van der Waals surface area contributed by atoms with Gasteiger partial charge in [0.05, 0.1) is 0 Å². The highest BCUT2D eigenvalue weighted by atomic mass is 79.9. The second kappa shape index (κ2) is 45.9. The van der Waals surface area contributed by atoms with Crippen molar-refractivity contribution in [2.75, 3.05) is 5.33 Å². The fraction of sp³-hybridized carbons (Fsp3) is 0.722. The summed E-state index contributed by atoms with van der Waals surface area (Å²) in [5.41, 5.74) is 4.44. The van der Waals surface area contributed by atoms with E-state index in [2.05, 4.69) is 91.2 Å². The minimum atomic E-state index is 0. The van der Waals surface area contributed by atoms with Crippen molar-refractivity contribution in [3.8, 4) is 0 Å². The number of pyridine rings is 3. The summed E-state index contributed by atoms with van der Waals surface area (Å²) in [6, 6.07) is 13.5. The Hall–Kier alpha value is -0.630. The Balaban J connectivity index is 0.0000120. The van der Waals surface area contributed by atoms with E-state index in [0.29, 0.717) is 0 Å². The minimum absolute atomic E-state index is 0. The predicted octanol–water partition coefficient (Wildman–Crippen LogP) is 10.5. The Morgan fingerprint density at radius 3 is 0.984 bits per heavy atom. The van der Waals surface area contributed by atoms with Crippen molar-refractivity contribution >= 4 is 32.9 Å². The highest BCUT2D eigenvalue weighted by Gasteiger charge is 2.06. The second-order valence-electron chi connectivity index (χ2n) is 17.9. The first-order valence-electron chi connectivity index (χ1n) is 25.2. The van der Waals surface area contributed by atoms with Crippen LogP contribution in [-0.2, 0) is 32.4 Å². The molecule has 3 rings (SSSR count).